The third kappa shape index (κ3) is 2.47. The lowest BCUT2D eigenvalue weighted by Crippen LogP contribution is -2.02. The SMILES string of the molecule is Cc1[nH]nc(Cc2ccc(Cl)cc2)c1C(=O)O. The number of nitrogens with zero attached hydrogens (tertiary/aromatic N) is 1. The van der Waals surface area contributed by atoms with Gasteiger partial charge in [0, 0.05) is 17.1 Å². The Hall–Kier alpha value is -1.81. The first kappa shape index (κ1) is 11.7. The molecule has 0 fully saturated rings. The Morgan fingerprint density at radius 1 is 1.41 bits per heavy atom. The predicted octanol–water partition coefficient (Wildman–Crippen LogP) is 2.66. The molecule has 0 saturated heterocycles. The minimum absolute atomic E-state index is 0.250. The van der Waals surface area contributed by atoms with Gasteiger partial charge in [-0.15, -0.1) is 0 Å². The van der Waals surface area contributed by atoms with Crippen LogP contribution in [0.15, 0.2) is 24.3 Å². The number of carbonyl (C=O) groups is 1. The first-order valence-corrected chi connectivity index (χ1v) is 5.47. The van der Waals surface area contributed by atoms with Gasteiger partial charge in [-0.25, -0.2) is 4.79 Å². The van der Waals surface area contributed by atoms with Crippen LogP contribution < -0.4 is 0 Å². The van der Waals surface area contributed by atoms with Crippen LogP contribution in [0.2, 0.25) is 5.02 Å². The molecule has 2 aromatic rings. The molecule has 88 valence electrons. The van der Waals surface area contributed by atoms with Crippen molar-refractivity contribution in [1.29, 1.82) is 0 Å². The van der Waals surface area contributed by atoms with Gasteiger partial charge < -0.3 is 5.11 Å². The molecule has 17 heavy (non-hydrogen) atoms. The summed E-state index contributed by atoms with van der Waals surface area (Å²) in [7, 11) is 0. The normalized spacial score (nSPS) is 10.5. The molecule has 5 heteroatoms. The lowest BCUT2D eigenvalue weighted by molar-refractivity contribution is 0.0695. The number of hydrogen-bond acceptors (Lipinski definition) is 2. The predicted molar refractivity (Wildman–Crippen MR) is 64.5 cm³/mol. The number of aromatic amines is 1. The smallest absolute Gasteiger partial charge is 0.339 e. The van der Waals surface area contributed by atoms with Crippen molar-refractivity contribution >= 4 is 17.6 Å². The largest absolute Gasteiger partial charge is 0.478 e. The molecular weight excluding hydrogens is 240 g/mol. The van der Waals surface area contributed by atoms with Gasteiger partial charge in [0.2, 0.25) is 0 Å². The second-order valence-electron chi connectivity index (χ2n) is 3.78. The van der Waals surface area contributed by atoms with Crippen molar-refractivity contribution in [3.63, 3.8) is 0 Å². The van der Waals surface area contributed by atoms with Gasteiger partial charge in [-0.05, 0) is 24.6 Å². The van der Waals surface area contributed by atoms with Crippen molar-refractivity contribution in [2.75, 3.05) is 0 Å². The number of aryl methyl sites for hydroxylation is 1. The van der Waals surface area contributed by atoms with Crippen molar-refractivity contribution in [3.8, 4) is 0 Å². The van der Waals surface area contributed by atoms with Crippen molar-refractivity contribution in [1.82, 2.24) is 10.2 Å². The fraction of sp³-hybridized carbons (Fsp3) is 0.167. The zero-order chi connectivity index (χ0) is 12.4. The fourth-order valence-corrected chi connectivity index (χ4v) is 1.81. The number of benzene rings is 1. The van der Waals surface area contributed by atoms with Crippen LogP contribution in [0.1, 0.15) is 27.3 Å². The summed E-state index contributed by atoms with van der Waals surface area (Å²) in [6.45, 7) is 1.70. The minimum Gasteiger partial charge on any atom is -0.478 e. The molecule has 0 saturated carbocycles. The number of aromatic carboxylic acids is 1. The molecule has 0 bridgehead atoms. The zero-order valence-corrected chi connectivity index (χ0v) is 9.95. The van der Waals surface area contributed by atoms with E-state index in [-0.39, 0.29) is 5.56 Å². The molecule has 1 heterocycles. The quantitative estimate of drug-likeness (QED) is 0.880. The van der Waals surface area contributed by atoms with Gasteiger partial charge in [0.05, 0.1) is 5.69 Å². The van der Waals surface area contributed by atoms with Gasteiger partial charge in [-0.3, -0.25) is 5.10 Å². The molecule has 2 N–H and O–H groups in total. The maximum absolute atomic E-state index is 11.1. The third-order valence-electron chi connectivity index (χ3n) is 2.52. The average Bonchev–Trinajstić information content (AvgIpc) is 2.63. The molecule has 0 aliphatic heterocycles. The monoisotopic (exact) mass is 250 g/mol. The number of rotatable bonds is 3. The Kier molecular flexibility index (Phi) is 3.15. The number of halogens is 1. The molecule has 0 amide bonds. The Morgan fingerprint density at radius 2 is 2.06 bits per heavy atom. The van der Waals surface area contributed by atoms with E-state index < -0.39 is 5.97 Å². The Labute approximate surface area is 103 Å². The maximum Gasteiger partial charge on any atom is 0.339 e. The molecule has 4 nitrogen and oxygen atoms in total. The summed E-state index contributed by atoms with van der Waals surface area (Å²) in [6, 6.07) is 7.27. The highest BCUT2D eigenvalue weighted by molar-refractivity contribution is 6.30. The van der Waals surface area contributed by atoms with Crippen molar-refractivity contribution < 1.29 is 9.90 Å². The van der Waals surface area contributed by atoms with Crippen molar-refractivity contribution in [3.05, 3.63) is 51.8 Å². The van der Waals surface area contributed by atoms with E-state index in [0.717, 1.165) is 5.56 Å². The molecule has 0 unspecified atom stereocenters. The van der Waals surface area contributed by atoms with E-state index in [1.807, 2.05) is 12.1 Å². The van der Waals surface area contributed by atoms with Crippen molar-refractivity contribution in [2.45, 2.75) is 13.3 Å². The summed E-state index contributed by atoms with van der Waals surface area (Å²) in [5.74, 6) is -0.958. The van der Waals surface area contributed by atoms with E-state index in [2.05, 4.69) is 10.2 Å². The Bertz CT molecular complexity index is 546. The second kappa shape index (κ2) is 4.59. The topological polar surface area (TPSA) is 66.0 Å². The number of carboxylic acid groups (broad SMARTS) is 1. The summed E-state index contributed by atoms with van der Waals surface area (Å²) >= 11 is 5.78. The van der Waals surface area contributed by atoms with E-state index in [1.165, 1.54) is 0 Å². The molecular formula is C12H11ClN2O2. The molecule has 0 spiro atoms. The van der Waals surface area contributed by atoms with Gasteiger partial charge in [0.15, 0.2) is 0 Å². The van der Waals surface area contributed by atoms with Crippen LogP contribution in [0.5, 0.6) is 0 Å². The molecule has 0 aliphatic rings. The van der Waals surface area contributed by atoms with Crippen LogP contribution in [0.25, 0.3) is 0 Å². The van der Waals surface area contributed by atoms with E-state index >= 15 is 0 Å². The lowest BCUT2D eigenvalue weighted by Gasteiger charge is -2.00. The first-order chi connectivity index (χ1) is 8.08. The van der Waals surface area contributed by atoms with E-state index in [1.54, 1.807) is 19.1 Å². The highest BCUT2D eigenvalue weighted by atomic mass is 35.5. The highest BCUT2D eigenvalue weighted by Gasteiger charge is 2.16. The van der Waals surface area contributed by atoms with E-state index in [9.17, 15) is 4.79 Å². The molecule has 2 rings (SSSR count). The number of nitrogens with one attached hydrogen (secondary N) is 1. The molecule has 0 atom stereocenters. The second-order valence-corrected chi connectivity index (χ2v) is 4.22. The maximum atomic E-state index is 11.1. The zero-order valence-electron chi connectivity index (χ0n) is 9.20. The summed E-state index contributed by atoms with van der Waals surface area (Å²) in [5, 5.41) is 16.4. The van der Waals surface area contributed by atoms with Crippen LogP contribution in [0, 0.1) is 6.92 Å². The van der Waals surface area contributed by atoms with Gasteiger partial charge in [-0.1, -0.05) is 23.7 Å². The van der Waals surface area contributed by atoms with Gasteiger partial charge in [0.25, 0.3) is 0 Å². The molecule has 0 aliphatic carbocycles. The number of carboxylic acids is 1. The Balaban J connectivity index is 2.30. The fourth-order valence-electron chi connectivity index (χ4n) is 1.69. The van der Waals surface area contributed by atoms with Crippen LogP contribution in [-0.2, 0) is 6.42 Å². The van der Waals surface area contributed by atoms with Gasteiger partial charge in [0.1, 0.15) is 5.56 Å². The van der Waals surface area contributed by atoms with E-state index in [0.29, 0.717) is 22.8 Å². The van der Waals surface area contributed by atoms with Gasteiger partial charge in [-0.2, -0.15) is 5.10 Å². The number of H-pyrrole nitrogens is 1. The van der Waals surface area contributed by atoms with E-state index in [4.69, 9.17) is 16.7 Å². The molecule has 1 aromatic carbocycles. The van der Waals surface area contributed by atoms with Crippen LogP contribution in [0.3, 0.4) is 0 Å². The summed E-state index contributed by atoms with van der Waals surface area (Å²) in [5.41, 5.74) is 2.34. The summed E-state index contributed by atoms with van der Waals surface area (Å²) in [6.07, 6.45) is 0.475. The molecule has 0 radical (unpaired) electrons. The van der Waals surface area contributed by atoms with Crippen molar-refractivity contribution in [2.24, 2.45) is 0 Å². The minimum atomic E-state index is -0.958. The van der Waals surface area contributed by atoms with Crippen LogP contribution >= 0.6 is 11.6 Å². The lowest BCUT2D eigenvalue weighted by atomic mass is 10.1. The third-order valence-corrected chi connectivity index (χ3v) is 2.77. The van der Waals surface area contributed by atoms with Crippen LogP contribution in [0.4, 0.5) is 0 Å². The highest BCUT2D eigenvalue weighted by Crippen LogP contribution is 2.17. The summed E-state index contributed by atoms with van der Waals surface area (Å²) in [4.78, 5) is 11.1. The molecule has 1 aromatic heterocycles. The first-order valence-electron chi connectivity index (χ1n) is 5.09. The number of hydrogen-bond donors (Lipinski definition) is 2. The average molecular weight is 251 g/mol. The number of aromatic nitrogens is 2. The standard InChI is InChI=1S/C12H11ClN2O2/c1-7-11(12(16)17)10(15-14-7)6-8-2-4-9(13)5-3-8/h2-5H,6H2,1H3,(H,14,15)(H,16,17). The van der Waals surface area contributed by atoms with Crippen LogP contribution in [-0.4, -0.2) is 21.3 Å². The Morgan fingerprint density at radius 3 is 2.65 bits per heavy atom. The summed E-state index contributed by atoms with van der Waals surface area (Å²) < 4.78 is 0. The van der Waals surface area contributed by atoms with Gasteiger partial charge >= 0.3 is 5.97 Å².